The van der Waals surface area contributed by atoms with E-state index in [2.05, 4.69) is 19.2 Å². The van der Waals surface area contributed by atoms with E-state index in [0.717, 1.165) is 13.0 Å². The van der Waals surface area contributed by atoms with Crippen LogP contribution in [0.5, 0.6) is 0 Å². The molecule has 1 rings (SSSR count). The number of nitrogens with one attached hydrogen (secondary N) is 1. The molecule has 1 aliphatic heterocycles. The van der Waals surface area contributed by atoms with Crippen LogP contribution >= 0.6 is 0 Å². The summed E-state index contributed by atoms with van der Waals surface area (Å²) in [6, 6.07) is 0.330. The molecule has 0 spiro atoms. The average molecular weight is 250 g/mol. The summed E-state index contributed by atoms with van der Waals surface area (Å²) < 4.78 is 22.5. The molecule has 0 radical (unpaired) electrons. The van der Waals surface area contributed by atoms with Crippen molar-refractivity contribution in [2.75, 3.05) is 37.7 Å². The standard InChI is InChI=1S/C11H24N2O2S/c1-3-13(4-2)8-5-7-12-11-6-9-16(14,15)10-11/h11-12H,3-10H2,1-2H3/p+2. The Labute approximate surface area is 99.3 Å². The van der Waals surface area contributed by atoms with Crippen molar-refractivity contribution >= 4 is 9.84 Å². The molecule has 1 fully saturated rings. The minimum absolute atomic E-state index is 0.330. The molecule has 0 aromatic carbocycles. The van der Waals surface area contributed by atoms with Gasteiger partial charge in [0.1, 0.15) is 11.8 Å². The van der Waals surface area contributed by atoms with E-state index < -0.39 is 9.84 Å². The van der Waals surface area contributed by atoms with Crippen molar-refractivity contribution in [3.05, 3.63) is 0 Å². The molecule has 16 heavy (non-hydrogen) atoms. The smallest absolute Gasteiger partial charge is 0.156 e. The highest BCUT2D eigenvalue weighted by atomic mass is 32.2. The lowest BCUT2D eigenvalue weighted by Crippen LogP contribution is -3.11. The van der Waals surface area contributed by atoms with Gasteiger partial charge in [0.15, 0.2) is 9.84 Å². The summed E-state index contributed by atoms with van der Waals surface area (Å²) in [6.07, 6.45) is 2.04. The third kappa shape index (κ3) is 4.80. The highest BCUT2D eigenvalue weighted by molar-refractivity contribution is 7.91. The van der Waals surface area contributed by atoms with Crippen LogP contribution in [0.2, 0.25) is 0 Å². The Morgan fingerprint density at radius 3 is 2.50 bits per heavy atom. The van der Waals surface area contributed by atoms with Crippen molar-refractivity contribution in [2.24, 2.45) is 0 Å². The zero-order valence-corrected chi connectivity index (χ0v) is 11.4. The Kier molecular flexibility index (Phi) is 5.72. The summed E-state index contributed by atoms with van der Waals surface area (Å²) in [5.74, 6) is 0.792. The van der Waals surface area contributed by atoms with Gasteiger partial charge in [0.25, 0.3) is 0 Å². The molecule has 0 aliphatic carbocycles. The molecule has 1 heterocycles. The van der Waals surface area contributed by atoms with Crippen LogP contribution in [0.4, 0.5) is 0 Å². The van der Waals surface area contributed by atoms with Gasteiger partial charge in [-0.05, 0) is 13.8 Å². The zero-order valence-electron chi connectivity index (χ0n) is 10.5. The van der Waals surface area contributed by atoms with Crippen LogP contribution in [-0.4, -0.2) is 52.1 Å². The van der Waals surface area contributed by atoms with Gasteiger partial charge in [-0.2, -0.15) is 0 Å². The van der Waals surface area contributed by atoms with E-state index in [1.165, 1.54) is 26.1 Å². The van der Waals surface area contributed by atoms with Crippen molar-refractivity contribution in [1.82, 2.24) is 0 Å². The third-order valence-corrected chi connectivity index (χ3v) is 5.30. The van der Waals surface area contributed by atoms with Crippen LogP contribution in [-0.2, 0) is 9.84 Å². The molecule has 0 saturated carbocycles. The van der Waals surface area contributed by atoms with Crippen molar-refractivity contribution in [3.8, 4) is 0 Å². The molecule has 1 saturated heterocycles. The molecule has 1 atom stereocenters. The molecular weight excluding hydrogens is 224 g/mol. The first kappa shape index (κ1) is 13.9. The lowest BCUT2D eigenvalue weighted by Gasteiger charge is -2.15. The first-order valence-electron chi connectivity index (χ1n) is 6.44. The van der Waals surface area contributed by atoms with Crippen LogP contribution in [0, 0.1) is 0 Å². The van der Waals surface area contributed by atoms with Crippen LogP contribution in [0.15, 0.2) is 0 Å². The first-order valence-corrected chi connectivity index (χ1v) is 8.27. The lowest BCUT2D eigenvalue weighted by atomic mass is 10.2. The van der Waals surface area contributed by atoms with E-state index in [1.807, 2.05) is 0 Å². The van der Waals surface area contributed by atoms with Gasteiger partial charge in [0.2, 0.25) is 0 Å². The Hall–Kier alpha value is -0.130. The molecule has 0 amide bonds. The molecule has 5 heteroatoms. The van der Waals surface area contributed by atoms with Gasteiger partial charge < -0.3 is 10.2 Å². The molecule has 1 aliphatic rings. The zero-order chi connectivity index (χ0) is 12.0. The quantitative estimate of drug-likeness (QED) is 0.516. The Bertz CT molecular complexity index is 286. The van der Waals surface area contributed by atoms with E-state index in [4.69, 9.17) is 0 Å². The maximum atomic E-state index is 11.3. The molecule has 4 nitrogen and oxygen atoms in total. The van der Waals surface area contributed by atoms with E-state index in [0.29, 0.717) is 17.5 Å². The number of rotatable bonds is 7. The van der Waals surface area contributed by atoms with Gasteiger partial charge in [-0.25, -0.2) is 8.42 Å². The minimum Gasteiger partial charge on any atom is -0.343 e. The Morgan fingerprint density at radius 2 is 2.00 bits per heavy atom. The second-order valence-corrected chi connectivity index (χ2v) is 6.98. The number of hydrogen-bond acceptors (Lipinski definition) is 2. The fourth-order valence-corrected chi connectivity index (χ4v) is 4.10. The SMILES string of the molecule is CC[NH+](CC)CCC[NH2+]C1CCS(=O)(=O)C1. The van der Waals surface area contributed by atoms with Gasteiger partial charge in [0, 0.05) is 12.8 Å². The van der Waals surface area contributed by atoms with E-state index in [1.54, 1.807) is 4.90 Å². The van der Waals surface area contributed by atoms with Crippen molar-refractivity contribution in [3.63, 3.8) is 0 Å². The topological polar surface area (TPSA) is 55.2 Å². The molecule has 0 aromatic rings. The number of sulfone groups is 1. The molecule has 0 bridgehead atoms. The molecule has 0 aromatic heterocycles. The lowest BCUT2D eigenvalue weighted by molar-refractivity contribution is -0.898. The summed E-state index contributed by atoms with van der Waals surface area (Å²) in [4.78, 5) is 1.63. The Balaban J connectivity index is 2.08. The summed E-state index contributed by atoms with van der Waals surface area (Å²) in [7, 11) is -2.69. The van der Waals surface area contributed by atoms with E-state index >= 15 is 0 Å². The second-order valence-electron chi connectivity index (χ2n) is 4.75. The normalized spacial score (nSPS) is 24.1. The maximum Gasteiger partial charge on any atom is 0.156 e. The van der Waals surface area contributed by atoms with E-state index in [9.17, 15) is 8.42 Å². The average Bonchev–Trinajstić information content (AvgIpc) is 2.59. The predicted octanol–water partition coefficient (Wildman–Crippen LogP) is -1.95. The summed E-state index contributed by atoms with van der Waals surface area (Å²) >= 11 is 0. The fourth-order valence-electron chi connectivity index (χ4n) is 2.32. The van der Waals surface area contributed by atoms with Crippen LogP contribution < -0.4 is 10.2 Å². The largest absolute Gasteiger partial charge is 0.343 e. The van der Waals surface area contributed by atoms with Gasteiger partial charge in [-0.15, -0.1) is 0 Å². The van der Waals surface area contributed by atoms with E-state index in [-0.39, 0.29) is 0 Å². The number of quaternary nitrogens is 2. The highest BCUT2D eigenvalue weighted by Crippen LogP contribution is 2.07. The summed E-state index contributed by atoms with van der Waals surface area (Å²) in [5.41, 5.74) is 0. The molecule has 96 valence electrons. The van der Waals surface area contributed by atoms with Gasteiger partial charge >= 0.3 is 0 Å². The van der Waals surface area contributed by atoms with Crippen molar-refractivity contribution in [1.29, 1.82) is 0 Å². The van der Waals surface area contributed by atoms with Crippen LogP contribution in [0.25, 0.3) is 0 Å². The predicted molar refractivity (Wildman–Crippen MR) is 65.4 cm³/mol. The maximum absolute atomic E-state index is 11.3. The minimum atomic E-state index is -2.69. The number of hydrogen-bond donors (Lipinski definition) is 2. The highest BCUT2D eigenvalue weighted by Gasteiger charge is 2.29. The van der Waals surface area contributed by atoms with Crippen molar-refractivity contribution < 1.29 is 18.6 Å². The fraction of sp³-hybridized carbons (Fsp3) is 1.00. The molecule has 1 unspecified atom stereocenters. The third-order valence-electron chi connectivity index (χ3n) is 3.50. The monoisotopic (exact) mass is 250 g/mol. The molecular formula is C11H26N2O2S+2. The first-order chi connectivity index (χ1) is 7.57. The number of nitrogens with two attached hydrogens (primary N) is 1. The van der Waals surface area contributed by atoms with Crippen LogP contribution in [0.1, 0.15) is 26.7 Å². The Morgan fingerprint density at radius 1 is 1.31 bits per heavy atom. The van der Waals surface area contributed by atoms with Crippen LogP contribution in [0.3, 0.4) is 0 Å². The summed E-state index contributed by atoms with van der Waals surface area (Å²) in [5, 5.41) is 2.23. The van der Waals surface area contributed by atoms with Crippen molar-refractivity contribution in [2.45, 2.75) is 32.7 Å². The van der Waals surface area contributed by atoms with Gasteiger partial charge in [0.05, 0.1) is 31.9 Å². The molecule has 3 N–H and O–H groups in total. The second kappa shape index (κ2) is 6.57. The van der Waals surface area contributed by atoms with Gasteiger partial charge in [-0.1, -0.05) is 0 Å². The summed E-state index contributed by atoms with van der Waals surface area (Å²) in [6.45, 7) is 9.09. The van der Waals surface area contributed by atoms with Gasteiger partial charge in [-0.3, -0.25) is 0 Å².